The van der Waals surface area contributed by atoms with Crippen LogP contribution in [0.4, 0.5) is 35.2 Å². The van der Waals surface area contributed by atoms with Crippen molar-refractivity contribution in [1.82, 2.24) is 19.5 Å². The van der Waals surface area contributed by atoms with Gasteiger partial charge < -0.3 is 21.7 Å². The highest BCUT2D eigenvalue weighted by atomic mass is 35.5. The van der Waals surface area contributed by atoms with E-state index >= 15 is 0 Å². The van der Waals surface area contributed by atoms with E-state index in [1.807, 2.05) is 13.8 Å². The number of fused-ring (bicyclic) bond motifs is 1. The molecule has 14 heteroatoms. The van der Waals surface area contributed by atoms with Gasteiger partial charge >= 0.3 is 12.2 Å². The first-order valence-electron chi connectivity index (χ1n) is 11.7. The number of alkyl halides is 3. The molecule has 4 rings (SSSR count). The van der Waals surface area contributed by atoms with E-state index in [-0.39, 0.29) is 23.3 Å². The standard InChI is InChI=1S/C25H24ClF3N8O2/c1-13(2)9-19(30)23(38)36-21-20-22(32-11-31-21)37(12-33-20)16-6-3-14(4-7-16)34-24(39)35-15-5-8-18(26)17(10-15)25(27,28)29/h3-8,10-13,19H,9,30H2,1-2H3,(H2,34,35,39)(H,31,32,36,38). The minimum Gasteiger partial charge on any atom is -0.320 e. The first-order chi connectivity index (χ1) is 18.4. The first kappa shape index (κ1) is 27.8. The topological polar surface area (TPSA) is 140 Å². The fraction of sp³-hybridized carbons (Fsp3) is 0.240. The number of carbonyl (C=O) groups excluding carboxylic acids is 2. The highest BCUT2D eigenvalue weighted by molar-refractivity contribution is 6.31. The zero-order valence-electron chi connectivity index (χ0n) is 20.8. The molecule has 39 heavy (non-hydrogen) atoms. The van der Waals surface area contributed by atoms with Crippen LogP contribution in [0.25, 0.3) is 16.9 Å². The Balaban J connectivity index is 1.46. The molecular formula is C25H24ClF3N8O2. The summed E-state index contributed by atoms with van der Waals surface area (Å²) >= 11 is 5.61. The third kappa shape index (κ3) is 6.62. The van der Waals surface area contributed by atoms with E-state index in [1.165, 1.54) is 18.7 Å². The fourth-order valence-electron chi connectivity index (χ4n) is 3.76. The SMILES string of the molecule is CC(C)CC(N)C(=O)Nc1ncnc2c1ncn2-c1ccc(NC(=O)Nc2ccc(Cl)c(C(F)(F)F)c2)cc1. The Morgan fingerprint density at radius 2 is 1.67 bits per heavy atom. The molecule has 0 spiro atoms. The minimum atomic E-state index is -4.66. The summed E-state index contributed by atoms with van der Waals surface area (Å²) in [6, 6.07) is 8.20. The van der Waals surface area contributed by atoms with Crippen molar-refractivity contribution in [1.29, 1.82) is 0 Å². The lowest BCUT2D eigenvalue weighted by atomic mass is 10.0. The van der Waals surface area contributed by atoms with Gasteiger partial charge in [0.2, 0.25) is 5.91 Å². The van der Waals surface area contributed by atoms with E-state index in [9.17, 15) is 22.8 Å². The lowest BCUT2D eigenvalue weighted by Gasteiger charge is -2.13. The number of hydrogen-bond acceptors (Lipinski definition) is 6. The Labute approximate surface area is 225 Å². The van der Waals surface area contributed by atoms with Crippen LogP contribution >= 0.6 is 11.6 Å². The van der Waals surface area contributed by atoms with Gasteiger partial charge in [-0.1, -0.05) is 25.4 Å². The number of anilines is 3. The van der Waals surface area contributed by atoms with Gasteiger partial charge in [0.25, 0.3) is 0 Å². The van der Waals surface area contributed by atoms with Crippen molar-refractivity contribution in [2.24, 2.45) is 11.7 Å². The van der Waals surface area contributed by atoms with Crippen molar-refractivity contribution in [2.45, 2.75) is 32.5 Å². The third-order valence-electron chi connectivity index (χ3n) is 5.57. The molecular weight excluding hydrogens is 537 g/mol. The molecule has 1 atom stereocenters. The lowest BCUT2D eigenvalue weighted by Crippen LogP contribution is -2.36. The van der Waals surface area contributed by atoms with E-state index in [0.29, 0.717) is 29.0 Å². The molecule has 0 aliphatic rings. The van der Waals surface area contributed by atoms with Gasteiger partial charge in [0, 0.05) is 17.1 Å². The molecule has 1 unspecified atom stereocenters. The van der Waals surface area contributed by atoms with Crippen LogP contribution in [-0.2, 0) is 11.0 Å². The van der Waals surface area contributed by atoms with Crippen molar-refractivity contribution >= 4 is 51.9 Å². The second-order valence-corrected chi connectivity index (χ2v) is 9.46. The number of aromatic nitrogens is 4. The predicted octanol–water partition coefficient (Wildman–Crippen LogP) is 5.44. The number of nitrogens with one attached hydrogen (secondary N) is 3. The molecule has 0 radical (unpaired) electrons. The second kappa shape index (κ2) is 11.3. The van der Waals surface area contributed by atoms with Crippen molar-refractivity contribution in [3.8, 4) is 5.69 Å². The molecule has 3 amide bonds. The number of amides is 3. The molecule has 0 fully saturated rings. The van der Waals surface area contributed by atoms with Crippen molar-refractivity contribution in [2.75, 3.05) is 16.0 Å². The summed E-state index contributed by atoms with van der Waals surface area (Å²) in [7, 11) is 0. The highest BCUT2D eigenvalue weighted by Gasteiger charge is 2.33. The summed E-state index contributed by atoms with van der Waals surface area (Å²) in [5.41, 5.74) is 6.66. The molecule has 5 N–H and O–H groups in total. The van der Waals surface area contributed by atoms with E-state index in [0.717, 1.165) is 12.1 Å². The van der Waals surface area contributed by atoms with Crippen LogP contribution in [0.2, 0.25) is 5.02 Å². The van der Waals surface area contributed by atoms with Gasteiger partial charge in [0.05, 0.1) is 16.6 Å². The number of nitrogens with two attached hydrogens (primary N) is 1. The minimum absolute atomic E-state index is 0.0709. The maximum Gasteiger partial charge on any atom is 0.417 e. The molecule has 4 aromatic rings. The van der Waals surface area contributed by atoms with Gasteiger partial charge in [-0.2, -0.15) is 13.2 Å². The van der Waals surface area contributed by atoms with E-state index in [1.54, 1.807) is 28.8 Å². The number of halogens is 4. The molecule has 10 nitrogen and oxygen atoms in total. The number of benzene rings is 2. The number of rotatable bonds is 7. The van der Waals surface area contributed by atoms with Crippen molar-refractivity contribution < 1.29 is 22.8 Å². The number of imidazole rings is 1. The molecule has 2 heterocycles. The summed E-state index contributed by atoms with van der Waals surface area (Å²) in [5, 5.41) is 7.14. The van der Waals surface area contributed by atoms with Crippen LogP contribution in [0.5, 0.6) is 0 Å². The molecule has 204 valence electrons. The Morgan fingerprint density at radius 3 is 2.33 bits per heavy atom. The molecule has 2 aromatic heterocycles. The normalized spacial score (nSPS) is 12.4. The van der Waals surface area contributed by atoms with Gasteiger partial charge in [-0.05, 0) is 54.8 Å². The van der Waals surface area contributed by atoms with Crippen LogP contribution in [0.3, 0.4) is 0 Å². The summed E-state index contributed by atoms with van der Waals surface area (Å²) in [4.78, 5) is 37.5. The van der Waals surface area contributed by atoms with E-state index < -0.39 is 28.8 Å². The van der Waals surface area contributed by atoms with Crippen molar-refractivity contribution in [3.63, 3.8) is 0 Å². The predicted molar refractivity (Wildman–Crippen MR) is 142 cm³/mol. The summed E-state index contributed by atoms with van der Waals surface area (Å²) < 4.78 is 40.9. The molecule has 2 aromatic carbocycles. The largest absolute Gasteiger partial charge is 0.417 e. The average Bonchev–Trinajstić information content (AvgIpc) is 3.30. The van der Waals surface area contributed by atoms with Gasteiger partial charge in [-0.15, -0.1) is 0 Å². The third-order valence-corrected chi connectivity index (χ3v) is 5.90. The summed E-state index contributed by atoms with van der Waals surface area (Å²) in [6.07, 6.45) is -1.33. The van der Waals surface area contributed by atoms with Crippen LogP contribution in [0.1, 0.15) is 25.8 Å². The molecule has 0 saturated carbocycles. The highest BCUT2D eigenvalue weighted by Crippen LogP contribution is 2.36. The maximum atomic E-state index is 13.1. The Bertz CT molecular complexity index is 1510. The molecule has 0 bridgehead atoms. The van der Waals surface area contributed by atoms with Crippen LogP contribution in [0, 0.1) is 5.92 Å². The zero-order valence-corrected chi connectivity index (χ0v) is 21.5. The number of urea groups is 1. The monoisotopic (exact) mass is 560 g/mol. The summed E-state index contributed by atoms with van der Waals surface area (Å²) in [5.74, 6) is 0.104. The first-order valence-corrected chi connectivity index (χ1v) is 12.1. The number of carbonyl (C=O) groups is 2. The van der Waals surface area contributed by atoms with Crippen LogP contribution in [-0.4, -0.2) is 37.5 Å². The maximum absolute atomic E-state index is 13.1. The van der Waals surface area contributed by atoms with E-state index in [4.69, 9.17) is 17.3 Å². The zero-order chi connectivity index (χ0) is 28.3. The lowest BCUT2D eigenvalue weighted by molar-refractivity contribution is -0.137. The van der Waals surface area contributed by atoms with Gasteiger partial charge in [-0.3, -0.25) is 9.36 Å². The van der Waals surface area contributed by atoms with Crippen molar-refractivity contribution in [3.05, 3.63) is 65.7 Å². The Hall–Kier alpha value is -4.23. The number of hydrogen-bond donors (Lipinski definition) is 4. The molecule has 0 aliphatic heterocycles. The summed E-state index contributed by atoms with van der Waals surface area (Å²) in [6.45, 7) is 3.94. The Kier molecular flexibility index (Phi) is 8.02. The van der Waals surface area contributed by atoms with Gasteiger partial charge in [0.15, 0.2) is 17.0 Å². The van der Waals surface area contributed by atoms with Crippen LogP contribution < -0.4 is 21.7 Å². The smallest absolute Gasteiger partial charge is 0.320 e. The second-order valence-electron chi connectivity index (χ2n) is 9.05. The molecule has 0 saturated heterocycles. The van der Waals surface area contributed by atoms with Crippen LogP contribution in [0.15, 0.2) is 55.1 Å². The quantitative estimate of drug-likeness (QED) is 0.237. The average molecular weight is 561 g/mol. The van der Waals surface area contributed by atoms with E-state index in [2.05, 4.69) is 30.9 Å². The number of nitrogens with zero attached hydrogens (tertiary/aromatic N) is 4. The van der Waals surface area contributed by atoms with Gasteiger partial charge in [-0.25, -0.2) is 19.7 Å². The van der Waals surface area contributed by atoms with Gasteiger partial charge in [0.1, 0.15) is 12.7 Å². The fourth-order valence-corrected chi connectivity index (χ4v) is 3.98. The Morgan fingerprint density at radius 1 is 1.00 bits per heavy atom. The molecule has 0 aliphatic carbocycles.